The molecule has 2 rings (SSSR count). The molecular weight excluding hydrogens is 340 g/mol. The average Bonchev–Trinajstić information content (AvgIpc) is 2.66. The Balaban J connectivity index is 1.92. The van der Waals surface area contributed by atoms with Crippen molar-refractivity contribution in [1.82, 2.24) is 0 Å². The highest BCUT2D eigenvalue weighted by Gasteiger charge is 2.12. The number of ether oxygens (including phenoxy) is 3. The summed E-state index contributed by atoms with van der Waals surface area (Å²) in [7, 11) is 2.99. The number of hydrogen-bond acceptors (Lipinski definition) is 6. The van der Waals surface area contributed by atoms with Gasteiger partial charge in [-0.05, 0) is 36.4 Å². The van der Waals surface area contributed by atoms with E-state index in [9.17, 15) is 14.4 Å². The number of esters is 1. The zero-order valence-electron chi connectivity index (χ0n) is 14.3. The maximum Gasteiger partial charge on any atom is 0.338 e. The van der Waals surface area contributed by atoms with E-state index in [-0.39, 0.29) is 11.1 Å². The van der Waals surface area contributed by atoms with Gasteiger partial charge in [-0.3, -0.25) is 9.59 Å². The third kappa shape index (κ3) is 4.73. The minimum absolute atomic E-state index is 0.203. The van der Waals surface area contributed by atoms with Crippen LogP contribution in [-0.4, -0.2) is 38.6 Å². The topological polar surface area (TPSA) is 117 Å². The van der Waals surface area contributed by atoms with Gasteiger partial charge in [0.2, 0.25) is 5.91 Å². The fourth-order valence-electron chi connectivity index (χ4n) is 2.10. The standard InChI is InChI=1S/C18H18N2O6/c1-24-14-8-7-13(9-15(14)25-2)20-16(21)10-26-18(23)12-5-3-11(4-6-12)17(19)22/h3-9H,10H2,1-2H3,(H2,19,22)(H,20,21). The molecule has 0 bridgehead atoms. The molecule has 0 radical (unpaired) electrons. The molecular formula is C18H18N2O6. The summed E-state index contributed by atoms with van der Waals surface area (Å²) >= 11 is 0. The molecule has 0 saturated heterocycles. The van der Waals surface area contributed by atoms with Crippen molar-refractivity contribution in [3.8, 4) is 11.5 Å². The van der Waals surface area contributed by atoms with E-state index in [2.05, 4.69) is 5.32 Å². The van der Waals surface area contributed by atoms with Gasteiger partial charge in [-0.15, -0.1) is 0 Å². The predicted octanol–water partition coefficient (Wildman–Crippen LogP) is 1.60. The van der Waals surface area contributed by atoms with Gasteiger partial charge in [-0.25, -0.2) is 4.79 Å². The van der Waals surface area contributed by atoms with Crippen molar-refractivity contribution in [1.29, 1.82) is 0 Å². The molecule has 3 N–H and O–H groups in total. The number of carbonyl (C=O) groups excluding carboxylic acids is 3. The Labute approximate surface area is 149 Å². The van der Waals surface area contributed by atoms with Crippen LogP contribution in [0, 0.1) is 0 Å². The molecule has 0 unspecified atom stereocenters. The first-order chi connectivity index (χ1) is 12.4. The summed E-state index contributed by atoms with van der Waals surface area (Å²) in [5.41, 5.74) is 6.07. The SMILES string of the molecule is COc1ccc(NC(=O)COC(=O)c2ccc(C(N)=O)cc2)cc1OC. The first-order valence-electron chi connectivity index (χ1n) is 7.53. The Bertz CT molecular complexity index is 817. The van der Waals surface area contributed by atoms with Crippen LogP contribution in [0.5, 0.6) is 11.5 Å². The summed E-state index contributed by atoms with van der Waals surface area (Å²) < 4.78 is 15.2. The number of nitrogens with one attached hydrogen (secondary N) is 1. The molecule has 8 heteroatoms. The van der Waals surface area contributed by atoms with Gasteiger partial charge >= 0.3 is 5.97 Å². The summed E-state index contributed by atoms with van der Waals surface area (Å²) in [5.74, 6) is -0.824. The van der Waals surface area contributed by atoms with Crippen molar-refractivity contribution in [2.45, 2.75) is 0 Å². The lowest BCUT2D eigenvalue weighted by atomic mass is 10.1. The largest absolute Gasteiger partial charge is 0.493 e. The average molecular weight is 358 g/mol. The molecule has 0 fully saturated rings. The van der Waals surface area contributed by atoms with E-state index >= 15 is 0 Å². The first kappa shape index (κ1) is 18.8. The summed E-state index contributed by atoms with van der Waals surface area (Å²) in [6.45, 7) is -0.468. The van der Waals surface area contributed by atoms with E-state index in [0.717, 1.165) is 0 Å². The van der Waals surface area contributed by atoms with Gasteiger partial charge in [-0.1, -0.05) is 0 Å². The predicted molar refractivity (Wildman–Crippen MR) is 93.4 cm³/mol. The lowest BCUT2D eigenvalue weighted by molar-refractivity contribution is -0.119. The van der Waals surface area contributed by atoms with Crippen LogP contribution in [0.1, 0.15) is 20.7 Å². The van der Waals surface area contributed by atoms with E-state index in [1.54, 1.807) is 18.2 Å². The van der Waals surface area contributed by atoms with E-state index in [1.807, 2.05) is 0 Å². The van der Waals surface area contributed by atoms with Crippen molar-refractivity contribution in [3.63, 3.8) is 0 Å². The molecule has 0 aliphatic carbocycles. The molecule has 0 spiro atoms. The minimum atomic E-state index is -0.691. The van der Waals surface area contributed by atoms with Crippen LogP contribution in [0.2, 0.25) is 0 Å². The van der Waals surface area contributed by atoms with E-state index in [1.165, 1.54) is 38.5 Å². The fourth-order valence-corrected chi connectivity index (χ4v) is 2.10. The highest BCUT2D eigenvalue weighted by atomic mass is 16.5. The summed E-state index contributed by atoms with van der Waals surface area (Å²) in [6, 6.07) is 10.5. The third-order valence-electron chi connectivity index (χ3n) is 3.41. The molecule has 2 aromatic carbocycles. The highest BCUT2D eigenvalue weighted by molar-refractivity contribution is 5.97. The molecule has 0 heterocycles. The van der Waals surface area contributed by atoms with Gasteiger partial charge in [0.05, 0.1) is 19.8 Å². The van der Waals surface area contributed by atoms with Gasteiger partial charge in [0.25, 0.3) is 5.91 Å². The molecule has 0 atom stereocenters. The van der Waals surface area contributed by atoms with Crippen LogP contribution >= 0.6 is 0 Å². The van der Waals surface area contributed by atoms with Crippen LogP contribution in [-0.2, 0) is 9.53 Å². The zero-order valence-corrected chi connectivity index (χ0v) is 14.3. The molecule has 0 saturated carbocycles. The monoisotopic (exact) mass is 358 g/mol. The van der Waals surface area contributed by atoms with Crippen LogP contribution in [0.3, 0.4) is 0 Å². The second-order valence-corrected chi connectivity index (χ2v) is 5.14. The Hall–Kier alpha value is -3.55. The fraction of sp³-hybridized carbons (Fsp3) is 0.167. The number of carbonyl (C=O) groups is 3. The molecule has 0 aliphatic heterocycles. The lowest BCUT2D eigenvalue weighted by Gasteiger charge is -2.11. The third-order valence-corrected chi connectivity index (χ3v) is 3.41. The molecule has 2 aromatic rings. The van der Waals surface area contributed by atoms with Crippen molar-refractivity contribution >= 4 is 23.5 Å². The van der Waals surface area contributed by atoms with Crippen LogP contribution in [0.4, 0.5) is 5.69 Å². The zero-order chi connectivity index (χ0) is 19.1. The number of primary amides is 1. The van der Waals surface area contributed by atoms with Crippen molar-refractivity contribution in [2.24, 2.45) is 5.73 Å². The number of nitrogens with two attached hydrogens (primary N) is 1. The van der Waals surface area contributed by atoms with E-state index < -0.39 is 24.4 Å². The van der Waals surface area contributed by atoms with Crippen molar-refractivity contribution < 1.29 is 28.6 Å². The Morgan fingerprint density at radius 2 is 1.54 bits per heavy atom. The lowest BCUT2D eigenvalue weighted by Crippen LogP contribution is -2.21. The Morgan fingerprint density at radius 1 is 0.923 bits per heavy atom. The van der Waals surface area contributed by atoms with Crippen molar-refractivity contribution in [3.05, 3.63) is 53.6 Å². The minimum Gasteiger partial charge on any atom is -0.493 e. The summed E-state index contributed by atoms with van der Waals surface area (Å²) in [5, 5.41) is 2.59. The van der Waals surface area contributed by atoms with E-state index in [4.69, 9.17) is 19.9 Å². The van der Waals surface area contributed by atoms with Crippen LogP contribution < -0.4 is 20.5 Å². The maximum absolute atomic E-state index is 11.9. The van der Waals surface area contributed by atoms with Crippen LogP contribution in [0.15, 0.2) is 42.5 Å². The molecule has 8 nitrogen and oxygen atoms in total. The second-order valence-electron chi connectivity index (χ2n) is 5.14. The summed E-state index contributed by atoms with van der Waals surface area (Å²) in [4.78, 5) is 34.8. The highest BCUT2D eigenvalue weighted by Crippen LogP contribution is 2.29. The van der Waals surface area contributed by atoms with Crippen molar-refractivity contribution in [2.75, 3.05) is 26.1 Å². The Kier molecular flexibility index (Phi) is 6.15. The molecule has 0 aliphatic rings. The normalized spacial score (nSPS) is 9.92. The second kappa shape index (κ2) is 8.52. The molecule has 2 amide bonds. The number of rotatable bonds is 7. The van der Waals surface area contributed by atoms with E-state index in [0.29, 0.717) is 17.2 Å². The van der Waals surface area contributed by atoms with Gasteiger partial charge in [0, 0.05) is 17.3 Å². The summed E-state index contributed by atoms with van der Waals surface area (Å²) in [6.07, 6.45) is 0. The molecule has 136 valence electrons. The van der Waals surface area contributed by atoms with Gasteiger partial charge in [-0.2, -0.15) is 0 Å². The van der Waals surface area contributed by atoms with Gasteiger partial charge in [0.1, 0.15) is 0 Å². The van der Waals surface area contributed by atoms with Gasteiger partial charge < -0.3 is 25.3 Å². The number of amides is 2. The smallest absolute Gasteiger partial charge is 0.338 e. The Morgan fingerprint density at radius 3 is 2.12 bits per heavy atom. The molecule has 0 aromatic heterocycles. The number of hydrogen-bond donors (Lipinski definition) is 2. The quantitative estimate of drug-likeness (QED) is 0.726. The maximum atomic E-state index is 11.9. The first-order valence-corrected chi connectivity index (χ1v) is 7.53. The number of anilines is 1. The van der Waals surface area contributed by atoms with Crippen LogP contribution in [0.25, 0.3) is 0 Å². The number of methoxy groups -OCH3 is 2. The number of benzene rings is 2. The van der Waals surface area contributed by atoms with Gasteiger partial charge in [0.15, 0.2) is 18.1 Å². The molecule has 26 heavy (non-hydrogen) atoms.